The minimum Gasteiger partial charge on any atom is -0.325 e. The Morgan fingerprint density at radius 3 is 2.94 bits per heavy atom. The average molecular weight is 262 g/mol. The highest BCUT2D eigenvalue weighted by molar-refractivity contribution is 4.94. The summed E-state index contributed by atoms with van der Waals surface area (Å²) in [6.45, 7) is 4.09. The highest BCUT2D eigenvalue weighted by Gasteiger charge is 2.29. The number of hydrogen-bond acceptors (Lipinski definition) is 3. The molecule has 1 N–H and O–H groups in total. The van der Waals surface area contributed by atoms with Crippen molar-refractivity contribution in [3.05, 3.63) is 18.2 Å². The molecule has 1 aliphatic heterocycles. The maximum absolute atomic E-state index is 12.4. The third-order valence-electron chi connectivity index (χ3n) is 2.97. The number of nitrogens with zero attached hydrogens (tertiary/aromatic N) is 3. The largest absolute Gasteiger partial charge is 0.406 e. The Labute approximate surface area is 104 Å². The van der Waals surface area contributed by atoms with Gasteiger partial charge < -0.3 is 9.88 Å². The first-order chi connectivity index (χ1) is 8.44. The first-order valence-corrected chi connectivity index (χ1v) is 5.96. The van der Waals surface area contributed by atoms with E-state index in [0.717, 1.165) is 19.6 Å². The van der Waals surface area contributed by atoms with E-state index in [4.69, 9.17) is 0 Å². The van der Waals surface area contributed by atoms with E-state index in [-0.39, 0.29) is 0 Å². The molecule has 1 aliphatic rings. The molecule has 1 atom stereocenters. The molecule has 1 aromatic heterocycles. The van der Waals surface area contributed by atoms with Crippen molar-refractivity contribution in [3.8, 4) is 0 Å². The van der Waals surface area contributed by atoms with Crippen molar-refractivity contribution < 1.29 is 13.2 Å². The Kier molecular flexibility index (Phi) is 3.91. The second kappa shape index (κ2) is 5.27. The molecule has 1 unspecified atom stereocenters. The second-order valence-corrected chi connectivity index (χ2v) is 4.68. The predicted molar refractivity (Wildman–Crippen MR) is 61.0 cm³/mol. The van der Waals surface area contributed by atoms with Crippen LogP contribution in [-0.4, -0.2) is 46.3 Å². The summed E-state index contributed by atoms with van der Waals surface area (Å²) >= 11 is 0. The highest BCUT2D eigenvalue weighted by atomic mass is 19.4. The molecule has 0 aliphatic carbocycles. The van der Waals surface area contributed by atoms with Crippen LogP contribution in [0.3, 0.4) is 0 Å². The van der Waals surface area contributed by atoms with E-state index < -0.39 is 12.7 Å². The van der Waals surface area contributed by atoms with E-state index in [1.165, 1.54) is 17.0 Å². The van der Waals surface area contributed by atoms with Gasteiger partial charge in [-0.25, -0.2) is 4.98 Å². The predicted octanol–water partition coefficient (Wildman–Crippen LogP) is 1.24. The van der Waals surface area contributed by atoms with Crippen molar-refractivity contribution in [2.75, 3.05) is 19.6 Å². The quantitative estimate of drug-likeness (QED) is 0.889. The van der Waals surface area contributed by atoms with Crippen LogP contribution in [0.15, 0.2) is 12.4 Å². The molecule has 0 amide bonds. The molecule has 7 heteroatoms. The Morgan fingerprint density at radius 2 is 2.28 bits per heavy atom. The summed E-state index contributed by atoms with van der Waals surface area (Å²) in [6.07, 6.45) is -1.40. The third-order valence-corrected chi connectivity index (χ3v) is 2.97. The zero-order valence-corrected chi connectivity index (χ0v) is 10.2. The lowest BCUT2D eigenvalue weighted by Gasteiger charge is -2.31. The van der Waals surface area contributed by atoms with Crippen molar-refractivity contribution in [2.24, 2.45) is 0 Å². The maximum atomic E-state index is 12.4. The first-order valence-electron chi connectivity index (χ1n) is 5.96. The molecule has 0 aromatic carbocycles. The molecular formula is C11H17F3N4. The van der Waals surface area contributed by atoms with E-state index in [1.807, 2.05) is 0 Å². The Balaban J connectivity index is 1.99. The summed E-state index contributed by atoms with van der Waals surface area (Å²) in [6, 6.07) is 0.366. The summed E-state index contributed by atoms with van der Waals surface area (Å²) < 4.78 is 38.3. The van der Waals surface area contributed by atoms with Gasteiger partial charge in [-0.3, -0.25) is 4.90 Å². The molecule has 18 heavy (non-hydrogen) atoms. The molecule has 0 bridgehead atoms. The molecule has 0 saturated carbocycles. The van der Waals surface area contributed by atoms with Crippen LogP contribution in [0.5, 0.6) is 0 Å². The normalized spacial score (nSPS) is 22.3. The lowest BCUT2D eigenvalue weighted by Crippen LogP contribution is -2.49. The number of aromatic nitrogens is 2. The lowest BCUT2D eigenvalue weighted by atomic mass is 10.2. The number of rotatable bonds is 3. The average Bonchev–Trinajstić information content (AvgIpc) is 2.63. The Morgan fingerprint density at radius 1 is 1.50 bits per heavy atom. The molecule has 2 heterocycles. The summed E-state index contributed by atoms with van der Waals surface area (Å²) in [4.78, 5) is 6.14. The van der Waals surface area contributed by atoms with E-state index in [9.17, 15) is 13.2 Å². The van der Waals surface area contributed by atoms with Crippen LogP contribution >= 0.6 is 0 Å². The number of imidazole rings is 1. The number of alkyl halides is 3. The lowest BCUT2D eigenvalue weighted by molar-refractivity contribution is -0.141. The molecule has 1 saturated heterocycles. The number of nitrogens with one attached hydrogen (secondary N) is 1. The Hall–Kier alpha value is -1.08. The van der Waals surface area contributed by atoms with Gasteiger partial charge in [0.2, 0.25) is 0 Å². The SMILES string of the molecule is CC1CN(Cc2nccn2CC(F)(F)F)CCN1. The van der Waals surface area contributed by atoms with Crippen molar-refractivity contribution in [2.45, 2.75) is 32.2 Å². The maximum Gasteiger partial charge on any atom is 0.406 e. The van der Waals surface area contributed by atoms with Gasteiger partial charge in [0.25, 0.3) is 0 Å². The van der Waals surface area contributed by atoms with Gasteiger partial charge in [-0.15, -0.1) is 0 Å². The molecule has 102 valence electrons. The second-order valence-electron chi connectivity index (χ2n) is 4.68. The highest BCUT2D eigenvalue weighted by Crippen LogP contribution is 2.18. The van der Waals surface area contributed by atoms with Crippen LogP contribution < -0.4 is 5.32 Å². The van der Waals surface area contributed by atoms with Gasteiger partial charge >= 0.3 is 6.18 Å². The molecule has 2 rings (SSSR count). The van der Waals surface area contributed by atoms with Crippen LogP contribution in [0.25, 0.3) is 0 Å². The fourth-order valence-electron chi connectivity index (χ4n) is 2.18. The van der Waals surface area contributed by atoms with Crippen LogP contribution in [0.1, 0.15) is 12.7 Å². The topological polar surface area (TPSA) is 33.1 Å². The first kappa shape index (κ1) is 13.4. The minimum atomic E-state index is -4.20. The third kappa shape index (κ3) is 3.71. The standard InChI is InChI=1S/C11H17F3N4/c1-9-6-17(4-2-15-9)7-10-16-3-5-18(10)8-11(12,13)14/h3,5,9,15H,2,4,6-8H2,1H3. The van der Waals surface area contributed by atoms with Gasteiger partial charge in [0.1, 0.15) is 12.4 Å². The summed E-state index contributed by atoms with van der Waals surface area (Å²) in [5.41, 5.74) is 0. The number of hydrogen-bond donors (Lipinski definition) is 1. The molecule has 4 nitrogen and oxygen atoms in total. The van der Waals surface area contributed by atoms with Gasteiger partial charge in [-0.1, -0.05) is 0 Å². The van der Waals surface area contributed by atoms with E-state index in [2.05, 4.69) is 22.1 Å². The van der Waals surface area contributed by atoms with Gasteiger partial charge in [0.15, 0.2) is 0 Å². The van der Waals surface area contributed by atoms with Crippen LogP contribution in [0.4, 0.5) is 13.2 Å². The smallest absolute Gasteiger partial charge is 0.325 e. The van der Waals surface area contributed by atoms with E-state index in [1.54, 1.807) is 0 Å². The van der Waals surface area contributed by atoms with Gasteiger partial charge in [0, 0.05) is 38.1 Å². The monoisotopic (exact) mass is 262 g/mol. The van der Waals surface area contributed by atoms with Crippen LogP contribution in [0.2, 0.25) is 0 Å². The summed E-state index contributed by atoms with van der Waals surface area (Å²) in [5, 5.41) is 3.30. The van der Waals surface area contributed by atoms with Gasteiger partial charge in [-0.05, 0) is 6.92 Å². The van der Waals surface area contributed by atoms with E-state index >= 15 is 0 Å². The number of piperazine rings is 1. The van der Waals surface area contributed by atoms with E-state index in [0.29, 0.717) is 18.4 Å². The van der Waals surface area contributed by atoms with Crippen LogP contribution in [0, 0.1) is 0 Å². The fraction of sp³-hybridized carbons (Fsp3) is 0.727. The van der Waals surface area contributed by atoms with Crippen molar-refractivity contribution in [3.63, 3.8) is 0 Å². The Bertz CT molecular complexity index is 388. The van der Waals surface area contributed by atoms with Crippen molar-refractivity contribution >= 4 is 0 Å². The molecule has 1 aromatic rings. The molecule has 0 radical (unpaired) electrons. The molecular weight excluding hydrogens is 245 g/mol. The minimum absolute atomic E-state index is 0.366. The van der Waals surface area contributed by atoms with Crippen molar-refractivity contribution in [1.82, 2.24) is 19.8 Å². The zero-order chi connectivity index (χ0) is 13.2. The number of halogens is 3. The fourth-order valence-corrected chi connectivity index (χ4v) is 2.18. The van der Waals surface area contributed by atoms with Crippen LogP contribution in [-0.2, 0) is 13.1 Å². The van der Waals surface area contributed by atoms with Crippen molar-refractivity contribution in [1.29, 1.82) is 0 Å². The summed E-state index contributed by atoms with van der Waals surface area (Å²) in [5.74, 6) is 0.474. The zero-order valence-electron chi connectivity index (χ0n) is 10.2. The van der Waals surface area contributed by atoms with Gasteiger partial charge in [-0.2, -0.15) is 13.2 Å². The molecule has 1 fully saturated rings. The van der Waals surface area contributed by atoms with Gasteiger partial charge in [0.05, 0.1) is 6.54 Å². The summed E-state index contributed by atoms with van der Waals surface area (Å²) in [7, 11) is 0. The molecule has 0 spiro atoms.